The van der Waals surface area contributed by atoms with Crippen LogP contribution in [-0.2, 0) is 6.42 Å². The molecule has 0 unspecified atom stereocenters. The predicted molar refractivity (Wildman–Crippen MR) is 69.7 cm³/mol. The van der Waals surface area contributed by atoms with Crippen molar-refractivity contribution in [3.8, 4) is 12.3 Å². The van der Waals surface area contributed by atoms with E-state index in [2.05, 4.69) is 42.5 Å². The van der Waals surface area contributed by atoms with Crippen molar-refractivity contribution in [1.29, 1.82) is 0 Å². The predicted octanol–water partition coefficient (Wildman–Crippen LogP) is 3.67. The summed E-state index contributed by atoms with van der Waals surface area (Å²) in [5.41, 5.74) is 1.32. The topological polar surface area (TPSA) is 0 Å². The van der Waals surface area contributed by atoms with Crippen LogP contribution in [0.5, 0.6) is 0 Å². The van der Waals surface area contributed by atoms with E-state index in [0.717, 1.165) is 6.42 Å². The SMILES string of the molecule is C#C/C=C\C(=C/Cc1ccccc1)SC. The van der Waals surface area contributed by atoms with Crippen molar-refractivity contribution in [2.24, 2.45) is 0 Å². The highest BCUT2D eigenvalue weighted by Crippen LogP contribution is 2.14. The van der Waals surface area contributed by atoms with Gasteiger partial charge in [0.1, 0.15) is 0 Å². The van der Waals surface area contributed by atoms with Gasteiger partial charge in [-0.15, -0.1) is 18.2 Å². The molecule has 0 fully saturated rings. The van der Waals surface area contributed by atoms with Crippen LogP contribution in [-0.4, -0.2) is 6.26 Å². The van der Waals surface area contributed by atoms with Crippen LogP contribution in [0.2, 0.25) is 0 Å². The van der Waals surface area contributed by atoms with Crippen molar-refractivity contribution in [2.45, 2.75) is 6.42 Å². The molecular weight excluding hydrogens is 200 g/mol. The lowest BCUT2D eigenvalue weighted by Crippen LogP contribution is -1.80. The van der Waals surface area contributed by atoms with Gasteiger partial charge >= 0.3 is 0 Å². The maximum Gasteiger partial charge on any atom is 0.00389 e. The molecule has 0 saturated heterocycles. The lowest BCUT2D eigenvalue weighted by atomic mass is 10.1. The van der Waals surface area contributed by atoms with E-state index in [4.69, 9.17) is 6.42 Å². The van der Waals surface area contributed by atoms with Gasteiger partial charge in [0.2, 0.25) is 0 Å². The molecule has 0 atom stereocenters. The summed E-state index contributed by atoms with van der Waals surface area (Å²) < 4.78 is 0. The van der Waals surface area contributed by atoms with Crippen LogP contribution in [0.25, 0.3) is 0 Å². The number of terminal acetylenes is 1. The Hall–Kier alpha value is -1.39. The zero-order valence-corrected chi connectivity index (χ0v) is 9.63. The second kappa shape index (κ2) is 6.98. The van der Waals surface area contributed by atoms with Gasteiger partial charge in [-0.2, -0.15) is 0 Å². The zero-order valence-electron chi connectivity index (χ0n) is 8.81. The van der Waals surface area contributed by atoms with Crippen LogP contribution < -0.4 is 0 Å². The van der Waals surface area contributed by atoms with E-state index >= 15 is 0 Å². The molecule has 0 radical (unpaired) electrons. The lowest BCUT2D eigenvalue weighted by Gasteiger charge is -1.98. The summed E-state index contributed by atoms with van der Waals surface area (Å²) in [5.74, 6) is 2.50. The molecule has 0 spiro atoms. The Morgan fingerprint density at radius 3 is 2.73 bits per heavy atom. The van der Waals surface area contributed by atoms with E-state index in [1.54, 1.807) is 17.8 Å². The molecule has 0 aliphatic carbocycles. The first-order valence-electron chi connectivity index (χ1n) is 4.77. The average Bonchev–Trinajstić information content (AvgIpc) is 2.31. The van der Waals surface area contributed by atoms with Crippen LogP contribution in [0.1, 0.15) is 5.56 Å². The van der Waals surface area contributed by atoms with Crippen molar-refractivity contribution in [1.82, 2.24) is 0 Å². The third kappa shape index (κ3) is 4.58. The molecule has 0 heterocycles. The molecule has 0 aliphatic rings. The first kappa shape index (κ1) is 11.7. The van der Waals surface area contributed by atoms with Crippen LogP contribution in [0.4, 0.5) is 0 Å². The molecule has 0 saturated carbocycles. The molecule has 0 amide bonds. The molecule has 0 aliphatic heterocycles. The fourth-order valence-corrected chi connectivity index (χ4v) is 1.64. The Balaban J connectivity index is 2.63. The lowest BCUT2D eigenvalue weighted by molar-refractivity contribution is 1.27. The number of hydrogen-bond donors (Lipinski definition) is 0. The van der Waals surface area contributed by atoms with Gasteiger partial charge in [-0.05, 0) is 30.4 Å². The molecular formula is C14H14S. The summed E-state index contributed by atoms with van der Waals surface area (Å²) in [6.45, 7) is 0. The van der Waals surface area contributed by atoms with Crippen LogP contribution in [0, 0.1) is 12.3 Å². The Morgan fingerprint density at radius 1 is 1.40 bits per heavy atom. The van der Waals surface area contributed by atoms with Gasteiger partial charge in [0.15, 0.2) is 0 Å². The standard InChI is InChI=1S/C14H14S/c1-3-4-10-14(15-2)12-11-13-8-6-5-7-9-13/h1,4-10,12H,11H2,2H3/b10-4-,14-12+. The minimum Gasteiger partial charge on any atom is -0.130 e. The van der Waals surface area contributed by atoms with Crippen molar-refractivity contribution in [3.05, 3.63) is 59.0 Å². The van der Waals surface area contributed by atoms with Crippen LogP contribution in [0.3, 0.4) is 0 Å². The Morgan fingerprint density at radius 2 is 2.13 bits per heavy atom. The molecule has 1 heteroatoms. The Bertz CT molecular complexity index is 380. The quantitative estimate of drug-likeness (QED) is 0.544. The summed E-state index contributed by atoms with van der Waals surface area (Å²) in [7, 11) is 0. The normalized spacial score (nSPS) is 11.6. The van der Waals surface area contributed by atoms with E-state index in [0.29, 0.717) is 0 Å². The van der Waals surface area contributed by atoms with Gasteiger partial charge in [0.05, 0.1) is 0 Å². The Kier molecular flexibility index (Phi) is 5.43. The number of allylic oxidation sites excluding steroid dienone is 3. The molecule has 15 heavy (non-hydrogen) atoms. The minimum absolute atomic E-state index is 0.950. The number of hydrogen-bond acceptors (Lipinski definition) is 1. The second-order valence-electron chi connectivity index (χ2n) is 3.00. The molecule has 1 rings (SSSR count). The average molecular weight is 214 g/mol. The largest absolute Gasteiger partial charge is 0.130 e. The first-order chi connectivity index (χ1) is 7.36. The Labute approximate surface area is 96.1 Å². The van der Waals surface area contributed by atoms with Crippen molar-refractivity contribution >= 4 is 11.8 Å². The molecule has 0 nitrogen and oxygen atoms in total. The third-order valence-corrected chi connectivity index (χ3v) is 2.74. The van der Waals surface area contributed by atoms with Gasteiger partial charge in [-0.25, -0.2) is 0 Å². The maximum atomic E-state index is 5.17. The molecule has 1 aromatic rings. The van der Waals surface area contributed by atoms with Crippen molar-refractivity contribution in [3.63, 3.8) is 0 Å². The third-order valence-electron chi connectivity index (χ3n) is 1.96. The number of benzene rings is 1. The summed E-state index contributed by atoms with van der Waals surface area (Å²) in [4.78, 5) is 1.21. The van der Waals surface area contributed by atoms with Crippen LogP contribution in [0.15, 0.2) is 53.5 Å². The van der Waals surface area contributed by atoms with Crippen LogP contribution >= 0.6 is 11.8 Å². The summed E-state index contributed by atoms with van der Waals surface area (Å²) in [6.07, 6.45) is 14.1. The van der Waals surface area contributed by atoms with Gasteiger partial charge in [0, 0.05) is 4.91 Å². The van der Waals surface area contributed by atoms with Gasteiger partial charge < -0.3 is 0 Å². The van der Waals surface area contributed by atoms with E-state index in [-0.39, 0.29) is 0 Å². The highest BCUT2D eigenvalue weighted by molar-refractivity contribution is 8.02. The summed E-state index contributed by atoms with van der Waals surface area (Å²) >= 11 is 1.71. The molecule has 76 valence electrons. The highest BCUT2D eigenvalue weighted by Gasteiger charge is 1.90. The fourth-order valence-electron chi connectivity index (χ4n) is 1.18. The zero-order chi connectivity index (χ0) is 10.9. The second-order valence-corrected chi connectivity index (χ2v) is 3.88. The smallest absolute Gasteiger partial charge is 0.00389 e. The fraction of sp³-hybridized carbons (Fsp3) is 0.143. The van der Waals surface area contributed by atoms with E-state index in [1.165, 1.54) is 10.5 Å². The summed E-state index contributed by atoms with van der Waals surface area (Å²) in [6, 6.07) is 10.4. The monoisotopic (exact) mass is 214 g/mol. The molecule has 1 aromatic carbocycles. The molecule has 0 N–H and O–H groups in total. The van der Waals surface area contributed by atoms with E-state index in [9.17, 15) is 0 Å². The highest BCUT2D eigenvalue weighted by atomic mass is 32.2. The first-order valence-corrected chi connectivity index (χ1v) is 6.00. The number of thioether (sulfide) groups is 1. The van der Waals surface area contributed by atoms with E-state index < -0.39 is 0 Å². The van der Waals surface area contributed by atoms with Gasteiger partial charge in [-0.1, -0.05) is 42.3 Å². The molecule has 0 aromatic heterocycles. The maximum absolute atomic E-state index is 5.17. The van der Waals surface area contributed by atoms with Crippen molar-refractivity contribution in [2.75, 3.05) is 6.26 Å². The van der Waals surface area contributed by atoms with Crippen molar-refractivity contribution < 1.29 is 0 Å². The summed E-state index contributed by atoms with van der Waals surface area (Å²) in [5, 5.41) is 0. The van der Waals surface area contributed by atoms with Gasteiger partial charge in [0.25, 0.3) is 0 Å². The number of rotatable bonds is 4. The molecule has 0 bridgehead atoms. The van der Waals surface area contributed by atoms with E-state index in [1.807, 2.05) is 12.1 Å². The van der Waals surface area contributed by atoms with Gasteiger partial charge in [-0.3, -0.25) is 0 Å². The minimum atomic E-state index is 0.950.